The Balaban J connectivity index is 1.67. The van der Waals surface area contributed by atoms with E-state index in [4.69, 9.17) is 14.1 Å². The van der Waals surface area contributed by atoms with Crippen molar-refractivity contribution >= 4 is 22.7 Å². The Hall–Kier alpha value is -2.40. The van der Waals surface area contributed by atoms with E-state index in [-0.39, 0.29) is 0 Å². The van der Waals surface area contributed by atoms with Gasteiger partial charge in [-0.2, -0.15) is 0 Å². The van der Waals surface area contributed by atoms with Crippen LogP contribution < -0.4 is 4.74 Å². The standard InChI is InChI=1S/C18H16N2O2S/c1-11-3-5-14(22-11)10-19-18-20-17-15-7-6-13(21-2)9-12(15)4-8-16(17)23-18/h3,5-7,9-10H,4,8H2,1-2H3/b19-10+. The van der Waals surface area contributed by atoms with Gasteiger partial charge in [-0.25, -0.2) is 9.98 Å². The van der Waals surface area contributed by atoms with E-state index in [9.17, 15) is 0 Å². The lowest BCUT2D eigenvalue weighted by molar-refractivity contribution is 0.414. The van der Waals surface area contributed by atoms with Crippen LogP contribution >= 0.6 is 11.3 Å². The smallest absolute Gasteiger partial charge is 0.210 e. The van der Waals surface area contributed by atoms with Crippen molar-refractivity contribution < 1.29 is 9.15 Å². The second kappa shape index (κ2) is 5.66. The van der Waals surface area contributed by atoms with Crippen LogP contribution in [0.2, 0.25) is 0 Å². The number of nitrogens with zero attached hydrogens (tertiary/aromatic N) is 2. The van der Waals surface area contributed by atoms with Gasteiger partial charge in [0.2, 0.25) is 5.13 Å². The average Bonchev–Trinajstić information content (AvgIpc) is 3.18. The molecule has 2 aromatic heterocycles. The molecule has 116 valence electrons. The molecule has 4 nitrogen and oxygen atoms in total. The molecule has 5 heteroatoms. The molecule has 0 radical (unpaired) electrons. The molecule has 0 unspecified atom stereocenters. The SMILES string of the molecule is COc1ccc2c(c1)CCc1sc(/N=C/c3ccc(C)o3)nc1-2. The molecule has 1 aliphatic carbocycles. The number of methoxy groups -OCH3 is 1. The highest BCUT2D eigenvalue weighted by Gasteiger charge is 2.21. The highest BCUT2D eigenvalue weighted by Crippen LogP contribution is 2.40. The Kier molecular flexibility index (Phi) is 3.50. The summed E-state index contributed by atoms with van der Waals surface area (Å²) in [5, 5.41) is 0.771. The lowest BCUT2D eigenvalue weighted by Crippen LogP contribution is -2.02. The molecule has 0 amide bonds. The van der Waals surface area contributed by atoms with Crippen molar-refractivity contribution in [1.82, 2.24) is 4.98 Å². The van der Waals surface area contributed by atoms with Crippen LogP contribution in [-0.4, -0.2) is 18.3 Å². The first-order valence-electron chi connectivity index (χ1n) is 7.50. The first-order chi connectivity index (χ1) is 11.2. The molecule has 1 aromatic carbocycles. The Morgan fingerprint density at radius 2 is 2.17 bits per heavy atom. The number of thiazole rings is 1. The Morgan fingerprint density at radius 3 is 2.96 bits per heavy atom. The van der Waals surface area contributed by atoms with Gasteiger partial charge in [0, 0.05) is 10.4 Å². The molecule has 0 N–H and O–H groups in total. The van der Waals surface area contributed by atoms with Crippen molar-refractivity contribution in [3.05, 3.63) is 52.3 Å². The molecule has 23 heavy (non-hydrogen) atoms. The van der Waals surface area contributed by atoms with Crippen LogP contribution in [0.3, 0.4) is 0 Å². The predicted octanol–water partition coefficient (Wildman–Crippen LogP) is 4.57. The van der Waals surface area contributed by atoms with E-state index in [0.717, 1.165) is 40.9 Å². The van der Waals surface area contributed by atoms with Crippen molar-refractivity contribution in [3.63, 3.8) is 0 Å². The molecule has 4 rings (SSSR count). The molecular formula is C18H16N2O2S. The maximum absolute atomic E-state index is 5.50. The number of fused-ring (bicyclic) bond motifs is 3. The van der Waals surface area contributed by atoms with Gasteiger partial charge in [0.1, 0.15) is 17.3 Å². The number of aryl methyl sites for hydroxylation is 3. The minimum Gasteiger partial charge on any atom is -0.497 e. The summed E-state index contributed by atoms with van der Waals surface area (Å²) in [6.45, 7) is 1.92. The fourth-order valence-electron chi connectivity index (χ4n) is 2.80. The van der Waals surface area contributed by atoms with Crippen LogP contribution in [0.5, 0.6) is 5.75 Å². The number of aliphatic imine (C=N–C) groups is 1. The molecule has 0 spiro atoms. The number of hydrogen-bond donors (Lipinski definition) is 0. The topological polar surface area (TPSA) is 47.6 Å². The molecule has 3 aromatic rings. The average molecular weight is 324 g/mol. The molecule has 0 saturated heterocycles. The lowest BCUT2D eigenvalue weighted by atomic mass is 9.93. The molecule has 0 bridgehead atoms. The van der Waals surface area contributed by atoms with Gasteiger partial charge in [-0.3, -0.25) is 0 Å². The van der Waals surface area contributed by atoms with Gasteiger partial charge >= 0.3 is 0 Å². The summed E-state index contributed by atoms with van der Waals surface area (Å²) in [6, 6.07) is 10.0. The van der Waals surface area contributed by atoms with Crippen LogP contribution in [0.1, 0.15) is 22.0 Å². The highest BCUT2D eigenvalue weighted by molar-refractivity contribution is 7.15. The highest BCUT2D eigenvalue weighted by atomic mass is 32.1. The van der Waals surface area contributed by atoms with E-state index < -0.39 is 0 Å². The van der Waals surface area contributed by atoms with Crippen LogP contribution in [0.25, 0.3) is 11.3 Å². The zero-order valence-corrected chi connectivity index (χ0v) is 13.8. The van der Waals surface area contributed by atoms with Crippen molar-refractivity contribution in [2.45, 2.75) is 19.8 Å². The molecule has 0 saturated carbocycles. The van der Waals surface area contributed by atoms with E-state index >= 15 is 0 Å². The number of ether oxygens (including phenoxy) is 1. The molecule has 0 aliphatic heterocycles. The van der Waals surface area contributed by atoms with E-state index in [1.54, 1.807) is 24.7 Å². The van der Waals surface area contributed by atoms with E-state index in [2.05, 4.69) is 17.1 Å². The van der Waals surface area contributed by atoms with Gasteiger partial charge in [-0.05, 0) is 55.7 Å². The van der Waals surface area contributed by atoms with Crippen molar-refractivity contribution in [3.8, 4) is 17.0 Å². The third kappa shape index (κ3) is 2.68. The zero-order valence-electron chi connectivity index (χ0n) is 13.0. The second-order valence-electron chi connectivity index (χ2n) is 5.50. The van der Waals surface area contributed by atoms with Gasteiger partial charge in [-0.15, -0.1) is 0 Å². The number of furan rings is 1. The Bertz CT molecular complexity index is 892. The van der Waals surface area contributed by atoms with E-state index in [1.165, 1.54) is 16.0 Å². The normalized spacial score (nSPS) is 13.1. The maximum atomic E-state index is 5.50. The number of benzene rings is 1. The third-order valence-corrected chi connectivity index (χ3v) is 4.96. The van der Waals surface area contributed by atoms with Crippen LogP contribution in [0, 0.1) is 6.92 Å². The van der Waals surface area contributed by atoms with Crippen molar-refractivity contribution in [1.29, 1.82) is 0 Å². The Morgan fingerprint density at radius 1 is 1.26 bits per heavy atom. The summed E-state index contributed by atoms with van der Waals surface area (Å²) in [5.74, 6) is 2.53. The van der Waals surface area contributed by atoms with E-state index in [1.807, 2.05) is 25.1 Å². The quantitative estimate of drug-likeness (QED) is 0.663. The van der Waals surface area contributed by atoms with Crippen molar-refractivity contribution in [2.24, 2.45) is 4.99 Å². The molecule has 2 heterocycles. The molecular weight excluding hydrogens is 308 g/mol. The zero-order chi connectivity index (χ0) is 15.8. The van der Waals surface area contributed by atoms with Gasteiger partial charge in [0.05, 0.1) is 19.0 Å². The van der Waals surface area contributed by atoms with Gasteiger partial charge in [0.15, 0.2) is 0 Å². The Labute approximate surface area is 138 Å². The van der Waals surface area contributed by atoms with Crippen molar-refractivity contribution in [2.75, 3.05) is 7.11 Å². The minimum atomic E-state index is 0.751. The summed E-state index contributed by atoms with van der Waals surface area (Å²) >= 11 is 1.65. The van der Waals surface area contributed by atoms with Gasteiger partial charge < -0.3 is 9.15 Å². The third-order valence-electron chi connectivity index (χ3n) is 3.94. The summed E-state index contributed by atoms with van der Waals surface area (Å²) < 4.78 is 10.8. The minimum absolute atomic E-state index is 0.751. The summed E-state index contributed by atoms with van der Waals surface area (Å²) in [6.07, 6.45) is 3.75. The lowest BCUT2D eigenvalue weighted by Gasteiger charge is -2.15. The van der Waals surface area contributed by atoms with Crippen LogP contribution in [0.15, 0.2) is 39.7 Å². The summed E-state index contributed by atoms with van der Waals surface area (Å²) in [4.78, 5) is 10.5. The number of rotatable bonds is 3. The molecule has 0 fully saturated rings. The largest absolute Gasteiger partial charge is 0.497 e. The van der Waals surface area contributed by atoms with Gasteiger partial charge in [-0.1, -0.05) is 11.3 Å². The summed E-state index contributed by atoms with van der Waals surface area (Å²) in [5.41, 5.74) is 3.54. The van der Waals surface area contributed by atoms with Crippen LogP contribution in [-0.2, 0) is 12.8 Å². The fourth-order valence-corrected chi connectivity index (χ4v) is 3.72. The first kappa shape index (κ1) is 14.2. The summed E-state index contributed by atoms with van der Waals surface area (Å²) in [7, 11) is 1.70. The fraction of sp³-hybridized carbons (Fsp3) is 0.222. The maximum Gasteiger partial charge on any atom is 0.210 e. The van der Waals surface area contributed by atoms with E-state index in [0.29, 0.717) is 0 Å². The predicted molar refractivity (Wildman–Crippen MR) is 92.2 cm³/mol. The number of hydrogen-bond acceptors (Lipinski definition) is 5. The molecule has 0 atom stereocenters. The monoisotopic (exact) mass is 324 g/mol. The number of aromatic nitrogens is 1. The molecule has 1 aliphatic rings. The second-order valence-corrected chi connectivity index (χ2v) is 6.56. The van der Waals surface area contributed by atoms with Crippen LogP contribution in [0.4, 0.5) is 5.13 Å². The first-order valence-corrected chi connectivity index (χ1v) is 8.32. The van der Waals surface area contributed by atoms with Gasteiger partial charge in [0.25, 0.3) is 0 Å².